The van der Waals surface area contributed by atoms with Gasteiger partial charge in [-0.25, -0.2) is 0 Å². The zero-order valence-electron chi connectivity index (χ0n) is 14.4. The van der Waals surface area contributed by atoms with E-state index < -0.39 is 6.61 Å². The average molecular weight is 362 g/mol. The fraction of sp³-hybridized carbons (Fsp3) is 0.316. The first-order chi connectivity index (χ1) is 12.5. The number of ether oxygens (including phenoxy) is 2. The SMILES string of the molecule is COc1ccc(N2CCN(Cc3cccc(OC(F)F)c3)CC2=O)cc1. The number of benzene rings is 2. The number of carbonyl (C=O) groups excluding carboxylic acids is 1. The Balaban J connectivity index is 1.61. The Labute approximate surface area is 150 Å². The Morgan fingerprint density at radius 1 is 1.08 bits per heavy atom. The van der Waals surface area contributed by atoms with Gasteiger partial charge in [0.1, 0.15) is 11.5 Å². The molecule has 0 radical (unpaired) electrons. The van der Waals surface area contributed by atoms with Gasteiger partial charge in [0, 0.05) is 25.3 Å². The first-order valence-corrected chi connectivity index (χ1v) is 8.25. The minimum atomic E-state index is -2.85. The highest BCUT2D eigenvalue weighted by molar-refractivity contribution is 5.95. The van der Waals surface area contributed by atoms with Crippen LogP contribution in [0.15, 0.2) is 48.5 Å². The van der Waals surface area contributed by atoms with E-state index in [0.29, 0.717) is 19.6 Å². The quantitative estimate of drug-likeness (QED) is 0.792. The smallest absolute Gasteiger partial charge is 0.387 e. The summed E-state index contributed by atoms with van der Waals surface area (Å²) in [5.41, 5.74) is 1.66. The normalized spacial score (nSPS) is 15.4. The second-order valence-corrected chi connectivity index (χ2v) is 5.98. The summed E-state index contributed by atoms with van der Waals surface area (Å²) in [5.74, 6) is 0.868. The maximum absolute atomic E-state index is 12.5. The maximum atomic E-state index is 12.5. The van der Waals surface area contributed by atoms with Gasteiger partial charge in [0.05, 0.1) is 13.7 Å². The predicted octanol–water partition coefficient (Wildman–Crippen LogP) is 3.15. The van der Waals surface area contributed by atoms with E-state index in [0.717, 1.165) is 17.0 Å². The molecule has 0 saturated carbocycles. The predicted molar refractivity (Wildman–Crippen MR) is 93.7 cm³/mol. The summed E-state index contributed by atoms with van der Waals surface area (Å²) in [7, 11) is 1.60. The molecule has 2 aromatic carbocycles. The molecule has 0 spiro atoms. The average Bonchev–Trinajstić information content (AvgIpc) is 2.62. The molecule has 7 heteroatoms. The third-order valence-electron chi connectivity index (χ3n) is 4.21. The Hall–Kier alpha value is -2.67. The van der Waals surface area contributed by atoms with Crippen molar-refractivity contribution in [3.05, 3.63) is 54.1 Å². The lowest BCUT2D eigenvalue weighted by Crippen LogP contribution is -2.50. The van der Waals surface area contributed by atoms with E-state index in [1.54, 1.807) is 24.1 Å². The lowest BCUT2D eigenvalue weighted by molar-refractivity contribution is -0.121. The number of anilines is 1. The number of amides is 1. The van der Waals surface area contributed by atoms with Crippen LogP contribution < -0.4 is 14.4 Å². The van der Waals surface area contributed by atoms with E-state index in [-0.39, 0.29) is 18.2 Å². The number of carbonyl (C=O) groups is 1. The van der Waals surface area contributed by atoms with Gasteiger partial charge in [-0.2, -0.15) is 8.78 Å². The van der Waals surface area contributed by atoms with Crippen molar-refractivity contribution in [2.45, 2.75) is 13.2 Å². The lowest BCUT2D eigenvalue weighted by atomic mass is 10.1. The number of methoxy groups -OCH3 is 1. The molecule has 0 aliphatic carbocycles. The van der Waals surface area contributed by atoms with Crippen LogP contribution in [0.4, 0.5) is 14.5 Å². The van der Waals surface area contributed by atoms with Gasteiger partial charge in [0.2, 0.25) is 5.91 Å². The summed E-state index contributed by atoms with van der Waals surface area (Å²) in [6.07, 6.45) is 0. The summed E-state index contributed by atoms with van der Waals surface area (Å²) in [5, 5.41) is 0. The zero-order chi connectivity index (χ0) is 18.5. The summed E-state index contributed by atoms with van der Waals surface area (Å²) >= 11 is 0. The minimum absolute atomic E-state index is 0.00130. The van der Waals surface area contributed by atoms with E-state index in [4.69, 9.17) is 4.74 Å². The fourth-order valence-corrected chi connectivity index (χ4v) is 2.97. The molecule has 5 nitrogen and oxygen atoms in total. The topological polar surface area (TPSA) is 42.0 Å². The van der Waals surface area contributed by atoms with Gasteiger partial charge in [-0.15, -0.1) is 0 Å². The summed E-state index contributed by atoms with van der Waals surface area (Å²) in [6, 6.07) is 13.9. The standard InChI is InChI=1S/C19H20F2N2O3/c1-25-16-7-5-15(6-8-16)23-10-9-22(13-18(23)24)12-14-3-2-4-17(11-14)26-19(20)21/h2-8,11,19H,9-10,12-13H2,1H3. The van der Waals surface area contributed by atoms with Crippen LogP contribution in [-0.4, -0.2) is 44.2 Å². The van der Waals surface area contributed by atoms with Crippen molar-refractivity contribution < 1.29 is 23.0 Å². The number of hydrogen-bond donors (Lipinski definition) is 0. The van der Waals surface area contributed by atoms with Crippen molar-refractivity contribution in [2.24, 2.45) is 0 Å². The molecule has 1 heterocycles. The largest absolute Gasteiger partial charge is 0.497 e. The van der Waals surface area contributed by atoms with Crippen LogP contribution in [0, 0.1) is 0 Å². The van der Waals surface area contributed by atoms with Crippen molar-refractivity contribution in [3.8, 4) is 11.5 Å². The molecule has 0 aromatic heterocycles. The van der Waals surface area contributed by atoms with E-state index in [9.17, 15) is 13.6 Å². The Kier molecular flexibility index (Phi) is 5.68. The molecule has 1 saturated heterocycles. The number of nitrogens with zero attached hydrogens (tertiary/aromatic N) is 2. The van der Waals surface area contributed by atoms with Gasteiger partial charge in [-0.1, -0.05) is 12.1 Å². The number of alkyl halides is 2. The van der Waals surface area contributed by atoms with Crippen LogP contribution in [0.2, 0.25) is 0 Å². The van der Waals surface area contributed by atoms with Gasteiger partial charge in [0.25, 0.3) is 0 Å². The number of rotatable bonds is 6. The van der Waals surface area contributed by atoms with Crippen LogP contribution >= 0.6 is 0 Å². The van der Waals surface area contributed by atoms with Gasteiger partial charge in [-0.3, -0.25) is 9.69 Å². The molecule has 138 valence electrons. The van der Waals surface area contributed by atoms with E-state index in [1.165, 1.54) is 6.07 Å². The summed E-state index contributed by atoms with van der Waals surface area (Å²) < 4.78 is 34.2. The number of hydrogen-bond acceptors (Lipinski definition) is 4. The second-order valence-electron chi connectivity index (χ2n) is 5.98. The van der Waals surface area contributed by atoms with Crippen LogP contribution in [-0.2, 0) is 11.3 Å². The first kappa shape index (κ1) is 18.1. The highest BCUT2D eigenvalue weighted by Crippen LogP contribution is 2.22. The van der Waals surface area contributed by atoms with Gasteiger partial charge in [0.15, 0.2) is 0 Å². The zero-order valence-corrected chi connectivity index (χ0v) is 14.4. The second kappa shape index (κ2) is 8.14. The van der Waals surface area contributed by atoms with E-state index in [2.05, 4.69) is 4.74 Å². The maximum Gasteiger partial charge on any atom is 0.387 e. The van der Waals surface area contributed by atoms with Crippen LogP contribution in [0.1, 0.15) is 5.56 Å². The van der Waals surface area contributed by atoms with Crippen molar-refractivity contribution in [1.29, 1.82) is 0 Å². The van der Waals surface area contributed by atoms with Crippen LogP contribution in [0.25, 0.3) is 0 Å². The molecule has 26 heavy (non-hydrogen) atoms. The highest BCUT2D eigenvalue weighted by Gasteiger charge is 2.25. The molecular formula is C19H20F2N2O3. The fourth-order valence-electron chi connectivity index (χ4n) is 2.97. The third kappa shape index (κ3) is 4.49. The molecule has 0 N–H and O–H groups in total. The lowest BCUT2D eigenvalue weighted by Gasteiger charge is -2.34. The summed E-state index contributed by atoms with van der Waals surface area (Å²) in [6.45, 7) is -0.815. The van der Waals surface area contributed by atoms with E-state index >= 15 is 0 Å². The van der Waals surface area contributed by atoms with Crippen LogP contribution in [0.3, 0.4) is 0 Å². The minimum Gasteiger partial charge on any atom is -0.497 e. The molecule has 2 aromatic rings. The van der Waals surface area contributed by atoms with Gasteiger partial charge >= 0.3 is 6.61 Å². The Morgan fingerprint density at radius 3 is 2.50 bits per heavy atom. The third-order valence-corrected chi connectivity index (χ3v) is 4.21. The number of piperazine rings is 1. The molecule has 1 fully saturated rings. The van der Waals surface area contributed by atoms with Crippen LogP contribution in [0.5, 0.6) is 11.5 Å². The van der Waals surface area contributed by atoms with Crippen molar-refractivity contribution in [2.75, 3.05) is 31.6 Å². The molecular weight excluding hydrogens is 342 g/mol. The number of halogens is 2. The molecule has 0 unspecified atom stereocenters. The summed E-state index contributed by atoms with van der Waals surface area (Å²) in [4.78, 5) is 16.2. The van der Waals surface area contributed by atoms with Crippen molar-refractivity contribution in [1.82, 2.24) is 4.90 Å². The Bertz CT molecular complexity index is 753. The molecule has 0 atom stereocenters. The Morgan fingerprint density at radius 2 is 1.85 bits per heavy atom. The molecule has 3 rings (SSSR count). The first-order valence-electron chi connectivity index (χ1n) is 8.25. The molecule has 1 aliphatic heterocycles. The molecule has 1 amide bonds. The van der Waals surface area contributed by atoms with Crippen molar-refractivity contribution >= 4 is 11.6 Å². The monoisotopic (exact) mass is 362 g/mol. The molecule has 1 aliphatic rings. The van der Waals surface area contributed by atoms with Gasteiger partial charge in [-0.05, 0) is 42.0 Å². The van der Waals surface area contributed by atoms with Crippen molar-refractivity contribution in [3.63, 3.8) is 0 Å². The molecule has 0 bridgehead atoms. The van der Waals surface area contributed by atoms with Gasteiger partial charge < -0.3 is 14.4 Å². The highest BCUT2D eigenvalue weighted by atomic mass is 19.3. The van der Waals surface area contributed by atoms with E-state index in [1.807, 2.05) is 35.2 Å².